The average molecular weight is 520 g/mol. The molecule has 1 unspecified atom stereocenters. The van der Waals surface area contributed by atoms with E-state index in [2.05, 4.69) is 31.2 Å². The largest absolute Gasteiger partial charge is 0.481 e. The number of aliphatic carboxylic acids is 1. The molecule has 0 saturated heterocycles. The monoisotopic (exact) mass is 519 g/mol. The zero-order valence-electron chi connectivity index (χ0n) is 22.7. The summed E-state index contributed by atoms with van der Waals surface area (Å²) >= 11 is 0. The van der Waals surface area contributed by atoms with E-state index in [1.165, 1.54) is 5.56 Å². The van der Waals surface area contributed by atoms with Gasteiger partial charge in [-0.05, 0) is 61.3 Å². The van der Waals surface area contributed by atoms with Crippen LogP contribution >= 0.6 is 0 Å². The number of aryl methyl sites for hydroxylation is 2. The molecule has 6 heteroatoms. The molecule has 3 rings (SSSR count). The topological polar surface area (TPSA) is 83.9 Å². The lowest BCUT2D eigenvalue weighted by Crippen LogP contribution is -2.25. The van der Waals surface area contributed by atoms with Gasteiger partial charge in [-0.3, -0.25) is 14.4 Å². The number of carbonyl (C=O) groups excluding carboxylic acids is 2. The van der Waals surface area contributed by atoms with Crippen LogP contribution in [0.3, 0.4) is 0 Å². The van der Waals surface area contributed by atoms with E-state index in [4.69, 9.17) is 4.74 Å². The van der Waals surface area contributed by atoms with Crippen LogP contribution in [-0.2, 0) is 33.7 Å². The number of rotatable bonds is 16. The fourth-order valence-corrected chi connectivity index (χ4v) is 4.84. The van der Waals surface area contributed by atoms with E-state index in [1.54, 1.807) is 4.90 Å². The predicted octanol–water partition coefficient (Wildman–Crippen LogP) is 6.22. The molecule has 0 fully saturated rings. The second-order valence-corrected chi connectivity index (χ2v) is 10.1. The van der Waals surface area contributed by atoms with Crippen LogP contribution in [0.4, 0.5) is 0 Å². The van der Waals surface area contributed by atoms with Gasteiger partial charge in [0.2, 0.25) is 0 Å². The Bertz CT molecular complexity index is 1090. The van der Waals surface area contributed by atoms with E-state index in [9.17, 15) is 19.5 Å². The molecular formula is C32H41NO5. The first-order chi connectivity index (χ1) is 18.4. The van der Waals surface area contributed by atoms with E-state index in [0.717, 1.165) is 42.4 Å². The predicted molar refractivity (Wildman–Crippen MR) is 149 cm³/mol. The molecule has 6 nitrogen and oxygen atoms in total. The summed E-state index contributed by atoms with van der Waals surface area (Å²) in [7, 11) is 0. The summed E-state index contributed by atoms with van der Waals surface area (Å²) in [5, 5.41) is 9.93. The number of carbonyl (C=O) groups is 3. The number of ether oxygens (including phenoxy) is 1. The molecule has 0 aliphatic carbocycles. The van der Waals surface area contributed by atoms with E-state index in [-0.39, 0.29) is 18.3 Å². The van der Waals surface area contributed by atoms with Crippen molar-refractivity contribution in [3.63, 3.8) is 0 Å². The lowest BCUT2D eigenvalue weighted by molar-refractivity contribution is -0.150. The molecule has 1 aliphatic heterocycles. The van der Waals surface area contributed by atoms with Gasteiger partial charge < -0.3 is 14.7 Å². The minimum Gasteiger partial charge on any atom is -0.481 e. The quantitative estimate of drug-likeness (QED) is 0.162. The highest BCUT2D eigenvalue weighted by atomic mass is 16.5. The number of carboxylic acids is 1. The number of unbranched alkanes of at least 4 members (excludes halogenated alkanes) is 1. The molecule has 0 radical (unpaired) electrons. The van der Waals surface area contributed by atoms with Crippen molar-refractivity contribution in [1.29, 1.82) is 0 Å². The van der Waals surface area contributed by atoms with Crippen LogP contribution in [0.1, 0.15) is 79.4 Å². The molecule has 1 amide bonds. The summed E-state index contributed by atoms with van der Waals surface area (Å²) in [6, 6.07) is 16.0. The van der Waals surface area contributed by atoms with Crippen molar-refractivity contribution in [2.45, 2.75) is 71.8 Å². The van der Waals surface area contributed by atoms with Crippen molar-refractivity contribution >= 4 is 17.8 Å². The second-order valence-electron chi connectivity index (χ2n) is 10.1. The maximum absolute atomic E-state index is 12.9. The Kier molecular flexibility index (Phi) is 11.6. The Hall–Kier alpha value is -3.41. The Balaban J connectivity index is 1.59. The standard InChI is InChI=1S/C32H41NO5/c1-3-5-21-38-32(37)27(11-8-9-20-33-23-28-12-6-7-13-29(28)30(33)34)22-26(31(35)36)19-18-25-16-14-24(10-4-2)15-17-25/h6-9,12-17,26-27H,3-5,10-11,18-23H2,1-2H3,(H,35,36)/b9-8+/t26-,27?/m1/s1. The Morgan fingerprint density at radius 3 is 2.34 bits per heavy atom. The van der Waals surface area contributed by atoms with Crippen LogP contribution < -0.4 is 0 Å². The van der Waals surface area contributed by atoms with Gasteiger partial charge in [0.25, 0.3) is 5.91 Å². The highest BCUT2D eigenvalue weighted by Gasteiger charge is 2.28. The van der Waals surface area contributed by atoms with Crippen molar-refractivity contribution in [2.75, 3.05) is 13.2 Å². The maximum Gasteiger partial charge on any atom is 0.309 e. The third kappa shape index (κ3) is 8.57. The summed E-state index contributed by atoms with van der Waals surface area (Å²) in [5.41, 5.74) is 4.15. The number of benzene rings is 2. The van der Waals surface area contributed by atoms with Crippen LogP contribution in [0.2, 0.25) is 0 Å². The van der Waals surface area contributed by atoms with Gasteiger partial charge in [-0.25, -0.2) is 0 Å². The summed E-state index contributed by atoms with van der Waals surface area (Å²) in [4.78, 5) is 39.4. The highest BCUT2D eigenvalue weighted by Crippen LogP contribution is 2.25. The molecule has 0 aromatic heterocycles. The van der Waals surface area contributed by atoms with Gasteiger partial charge in [0.1, 0.15) is 0 Å². The number of amides is 1. The molecule has 0 saturated carbocycles. The van der Waals surface area contributed by atoms with Gasteiger partial charge in [0.05, 0.1) is 18.4 Å². The molecule has 38 heavy (non-hydrogen) atoms. The number of fused-ring (bicyclic) bond motifs is 1. The summed E-state index contributed by atoms with van der Waals surface area (Å²) < 4.78 is 5.48. The average Bonchev–Trinajstić information content (AvgIpc) is 3.24. The van der Waals surface area contributed by atoms with Gasteiger partial charge in [0.15, 0.2) is 0 Å². The van der Waals surface area contributed by atoms with Gasteiger partial charge in [0, 0.05) is 18.7 Å². The molecule has 1 heterocycles. The van der Waals surface area contributed by atoms with Crippen molar-refractivity contribution < 1.29 is 24.2 Å². The van der Waals surface area contributed by atoms with Gasteiger partial charge in [-0.1, -0.05) is 81.3 Å². The molecule has 0 bridgehead atoms. The first kappa shape index (κ1) is 29.2. The zero-order valence-corrected chi connectivity index (χ0v) is 22.7. The number of hydrogen-bond donors (Lipinski definition) is 1. The molecule has 0 spiro atoms. The Labute approximate surface area is 226 Å². The number of nitrogens with zero attached hydrogens (tertiary/aromatic N) is 1. The minimum absolute atomic E-state index is 0.00874. The van der Waals surface area contributed by atoms with Crippen molar-refractivity contribution in [2.24, 2.45) is 11.8 Å². The number of esters is 1. The highest BCUT2D eigenvalue weighted by molar-refractivity contribution is 5.98. The molecular weight excluding hydrogens is 478 g/mol. The zero-order chi connectivity index (χ0) is 27.3. The Morgan fingerprint density at radius 1 is 0.974 bits per heavy atom. The first-order valence-corrected chi connectivity index (χ1v) is 13.9. The molecule has 204 valence electrons. The van der Waals surface area contributed by atoms with Gasteiger partial charge in [-0.15, -0.1) is 0 Å². The van der Waals surface area contributed by atoms with Gasteiger partial charge in [-0.2, -0.15) is 0 Å². The van der Waals surface area contributed by atoms with Crippen LogP contribution in [0, 0.1) is 11.8 Å². The van der Waals surface area contributed by atoms with Crippen LogP contribution in [0.15, 0.2) is 60.7 Å². The maximum atomic E-state index is 12.9. The Morgan fingerprint density at radius 2 is 1.68 bits per heavy atom. The smallest absolute Gasteiger partial charge is 0.309 e. The summed E-state index contributed by atoms with van der Waals surface area (Å²) in [6.45, 7) is 5.54. The minimum atomic E-state index is -0.886. The molecule has 1 N–H and O–H groups in total. The van der Waals surface area contributed by atoms with Crippen molar-refractivity contribution in [3.05, 3.63) is 82.9 Å². The molecule has 2 aromatic rings. The second kappa shape index (κ2) is 15.1. The SMILES string of the molecule is CCCCOC(=O)C(C/C=C/CN1Cc2ccccc2C1=O)C[C@@H](CCc1ccc(CCC)cc1)C(=O)O. The third-order valence-electron chi connectivity index (χ3n) is 7.15. The molecule has 2 aromatic carbocycles. The van der Waals surface area contributed by atoms with Gasteiger partial charge >= 0.3 is 11.9 Å². The van der Waals surface area contributed by atoms with Crippen LogP contribution in [-0.4, -0.2) is 41.0 Å². The van der Waals surface area contributed by atoms with E-state index >= 15 is 0 Å². The number of carboxylic acid groups (broad SMARTS) is 1. The molecule has 2 atom stereocenters. The van der Waals surface area contributed by atoms with Crippen molar-refractivity contribution in [1.82, 2.24) is 4.90 Å². The summed E-state index contributed by atoms with van der Waals surface area (Å²) in [6.07, 6.45) is 9.32. The molecule has 1 aliphatic rings. The third-order valence-corrected chi connectivity index (χ3v) is 7.15. The van der Waals surface area contributed by atoms with E-state index in [0.29, 0.717) is 39.0 Å². The normalized spacial score (nSPS) is 14.5. The lowest BCUT2D eigenvalue weighted by atomic mass is 9.87. The van der Waals surface area contributed by atoms with Crippen LogP contribution in [0.25, 0.3) is 0 Å². The number of allylic oxidation sites excluding steroid dienone is 1. The van der Waals surface area contributed by atoms with Crippen LogP contribution in [0.5, 0.6) is 0 Å². The summed E-state index contributed by atoms with van der Waals surface area (Å²) in [5.74, 6) is -2.40. The first-order valence-electron chi connectivity index (χ1n) is 13.9. The lowest BCUT2D eigenvalue weighted by Gasteiger charge is -2.19. The van der Waals surface area contributed by atoms with E-state index in [1.807, 2.05) is 43.3 Å². The number of hydrogen-bond acceptors (Lipinski definition) is 4. The van der Waals surface area contributed by atoms with Crippen molar-refractivity contribution in [3.8, 4) is 0 Å². The fraction of sp³-hybridized carbons (Fsp3) is 0.469. The van der Waals surface area contributed by atoms with E-state index < -0.39 is 17.8 Å². The fourth-order valence-electron chi connectivity index (χ4n) is 4.84.